The molecule has 2 atom stereocenters. The largest absolute Gasteiger partial charge is 0.487 e. The zero-order chi connectivity index (χ0) is 25.2. The Bertz CT molecular complexity index is 1180. The Balaban J connectivity index is 1.72. The molecule has 2 aromatic rings. The lowest BCUT2D eigenvalue weighted by Gasteiger charge is -2.32. The lowest BCUT2D eigenvalue weighted by atomic mass is 9.92. The first-order valence-corrected chi connectivity index (χ1v) is 11.5. The average molecular weight is 473 g/mol. The van der Waals surface area contributed by atoms with Gasteiger partial charge in [0.05, 0.1) is 18.5 Å². The lowest BCUT2D eigenvalue weighted by Crippen LogP contribution is -2.48. The fraction of sp³-hybridized carbons (Fsp3) is 0.520. The summed E-state index contributed by atoms with van der Waals surface area (Å²) in [6, 6.07) is 2.63. The van der Waals surface area contributed by atoms with Crippen LogP contribution in [0.5, 0.6) is 5.75 Å². The van der Waals surface area contributed by atoms with Crippen molar-refractivity contribution in [3.8, 4) is 5.75 Å². The Morgan fingerprint density at radius 1 is 1.21 bits per heavy atom. The molecule has 0 unspecified atom stereocenters. The van der Waals surface area contributed by atoms with E-state index in [1.165, 1.54) is 0 Å². The Hall–Kier alpha value is -3.36. The van der Waals surface area contributed by atoms with Crippen molar-refractivity contribution in [1.82, 2.24) is 10.6 Å². The third-order valence-electron chi connectivity index (χ3n) is 6.43. The van der Waals surface area contributed by atoms with Crippen molar-refractivity contribution in [2.75, 3.05) is 6.54 Å². The second kappa shape index (κ2) is 9.87. The van der Waals surface area contributed by atoms with Gasteiger partial charge in [-0.2, -0.15) is 0 Å². The van der Waals surface area contributed by atoms with E-state index in [1.54, 1.807) is 19.9 Å². The summed E-state index contributed by atoms with van der Waals surface area (Å²) in [7, 11) is 0. The molecule has 2 heterocycles. The molecule has 0 fully saturated rings. The van der Waals surface area contributed by atoms with Crippen LogP contribution in [0.2, 0.25) is 0 Å². The molecule has 34 heavy (non-hydrogen) atoms. The van der Waals surface area contributed by atoms with Crippen molar-refractivity contribution in [2.24, 2.45) is 5.92 Å². The van der Waals surface area contributed by atoms with Gasteiger partial charge >= 0.3 is 11.6 Å². The molecule has 2 amide bonds. The van der Waals surface area contributed by atoms with Gasteiger partial charge in [0.1, 0.15) is 23.0 Å². The van der Waals surface area contributed by atoms with Gasteiger partial charge in [0.25, 0.3) is 0 Å². The number of carboxylic acid groups (broad SMARTS) is 1. The van der Waals surface area contributed by atoms with Crippen molar-refractivity contribution < 1.29 is 28.6 Å². The monoisotopic (exact) mass is 472 g/mol. The molecule has 0 radical (unpaired) electrons. The highest BCUT2D eigenvalue weighted by molar-refractivity contribution is 5.89. The Morgan fingerprint density at radius 3 is 2.56 bits per heavy atom. The van der Waals surface area contributed by atoms with Gasteiger partial charge < -0.3 is 24.9 Å². The van der Waals surface area contributed by atoms with E-state index in [1.807, 2.05) is 26.8 Å². The number of carbonyl (C=O) groups is 3. The minimum absolute atomic E-state index is 0.213. The number of hydrogen-bond acceptors (Lipinski definition) is 6. The smallest absolute Gasteiger partial charge is 0.340 e. The van der Waals surface area contributed by atoms with Crippen molar-refractivity contribution in [1.29, 1.82) is 0 Å². The number of carbonyl (C=O) groups excluding carboxylic acids is 2. The molecule has 1 aliphatic heterocycles. The third-order valence-corrected chi connectivity index (χ3v) is 6.43. The molecular weight excluding hydrogens is 440 g/mol. The molecule has 1 aromatic heterocycles. The Morgan fingerprint density at radius 2 is 1.91 bits per heavy atom. The summed E-state index contributed by atoms with van der Waals surface area (Å²) in [5.74, 6) is -1.85. The summed E-state index contributed by atoms with van der Waals surface area (Å²) in [4.78, 5) is 48.6. The maximum absolute atomic E-state index is 12.6. The topological polar surface area (TPSA) is 135 Å². The van der Waals surface area contributed by atoms with E-state index in [2.05, 4.69) is 10.6 Å². The maximum Gasteiger partial charge on any atom is 0.340 e. The highest BCUT2D eigenvalue weighted by Gasteiger charge is 2.28. The van der Waals surface area contributed by atoms with Crippen molar-refractivity contribution in [3.63, 3.8) is 0 Å². The molecular formula is C25H32N2O7. The van der Waals surface area contributed by atoms with Crippen molar-refractivity contribution in [2.45, 2.75) is 71.9 Å². The van der Waals surface area contributed by atoms with Crippen LogP contribution in [-0.2, 0) is 27.2 Å². The number of nitrogens with one attached hydrogen (secondary N) is 2. The first kappa shape index (κ1) is 25.3. The van der Waals surface area contributed by atoms with Crippen LogP contribution in [0.1, 0.15) is 57.2 Å². The van der Waals surface area contributed by atoms with Crippen molar-refractivity contribution >= 4 is 28.8 Å². The fourth-order valence-electron chi connectivity index (χ4n) is 4.05. The number of amides is 2. The number of hydrogen-bond donors (Lipinski definition) is 3. The van der Waals surface area contributed by atoms with E-state index in [0.717, 1.165) is 23.8 Å². The molecule has 0 bridgehead atoms. The van der Waals surface area contributed by atoms with Crippen LogP contribution in [-0.4, -0.2) is 41.1 Å². The van der Waals surface area contributed by atoms with E-state index < -0.39 is 36.0 Å². The van der Waals surface area contributed by atoms with Gasteiger partial charge in [0.15, 0.2) is 0 Å². The number of benzene rings is 1. The van der Waals surface area contributed by atoms with Crippen LogP contribution in [0.15, 0.2) is 21.3 Å². The molecule has 1 aliphatic rings. The molecule has 0 saturated heterocycles. The summed E-state index contributed by atoms with van der Waals surface area (Å²) in [6.07, 6.45) is 2.01. The van der Waals surface area contributed by atoms with E-state index >= 15 is 0 Å². The normalized spacial score (nSPS) is 16.1. The van der Waals surface area contributed by atoms with Gasteiger partial charge in [0, 0.05) is 11.5 Å². The van der Waals surface area contributed by atoms with Crippen LogP contribution < -0.4 is 21.0 Å². The molecule has 184 valence electrons. The zero-order valence-electron chi connectivity index (χ0n) is 20.2. The molecule has 0 aliphatic carbocycles. The number of aliphatic carboxylic acids is 1. The molecule has 3 rings (SSSR count). The second-order valence-corrected chi connectivity index (χ2v) is 9.53. The molecule has 0 saturated carbocycles. The summed E-state index contributed by atoms with van der Waals surface area (Å²) in [5, 5.41) is 14.9. The van der Waals surface area contributed by atoms with Gasteiger partial charge in [0.2, 0.25) is 11.8 Å². The zero-order valence-corrected chi connectivity index (χ0v) is 20.2. The standard InChI is InChI=1S/C25H32N2O7/c1-6-13(2)22(23(30)31)27-21(29)12-26-20(28)10-17-14(3)16-9-15-7-8-25(4,5)34-18(15)11-19(16)33-24(17)32/h9,11,13,22H,6-8,10,12H2,1-5H3,(H,26,28)(H,27,29)(H,30,31)/t13-,22-/m1/s1. The van der Waals surface area contributed by atoms with E-state index in [9.17, 15) is 24.3 Å². The fourth-order valence-corrected chi connectivity index (χ4v) is 4.05. The first-order valence-electron chi connectivity index (χ1n) is 11.5. The number of ether oxygens (including phenoxy) is 1. The summed E-state index contributed by atoms with van der Waals surface area (Å²) < 4.78 is 11.5. The van der Waals surface area contributed by atoms with Crippen molar-refractivity contribution in [3.05, 3.63) is 39.2 Å². The summed E-state index contributed by atoms with van der Waals surface area (Å²) in [5.41, 5.74) is 1.35. The van der Waals surface area contributed by atoms with Gasteiger partial charge in [-0.25, -0.2) is 9.59 Å². The van der Waals surface area contributed by atoms with Gasteiger partial charge in [-0.15, -0.1) is 0 Å². The van der Waals surface area contributed by atoms with Gasteiger partial charge in [-0.1, -0.05) is 20.3 Å². The predicted octanol–water partition coefficient (Wildman–Crippen LogP) is 2.48. The van der Waals surface area contributed by atoms with Crippen LogP contribution in [0.4, 0.5) is 0 Å². The number of fused-ring (bicyclic) bond motifs is 2. The predicted molar refractivity (Wildman–Crippen MR) is 126 cm³/mol. The molecule has 0 spiro atoms. The SMILES string of the molecule is CC[C@@H](C)[C@@H](NC(=O)CNC(=O)Cc1c(C)c2cc3c(cc2oc1=O)OC(C)(C)CC3)C(=O)O. The van der Waals surface area contributed by atoms with E-state index in [-0.39, 0.29) is 23.5 Å². The van der Waals surface area contributed by atoms with E-state index in [0.29, 0.717) is 23.3 Å². The lowest BCUT2D eigenvalue weighted by molar-refractivity contribution is -0.143. The summed E-state index contributed by atoms with van der Waals surface area (Å²) >= 11 is 0. The van der Waals surface area contributed by atoms with Crippen LogP contribution in [0.3, 0.4) is 0 Å². The van der Waals surface area contributed by atoms with Gasteiger partial charge in [-0.05, 0) is 56.7 Å². The van der Waals surface area contributed by atoms with Crippen LogP contribution >= 0.6 is 0 Å². The molecule has 1 aromatic carbocycles. The molecule has 9 nitrogen and oxygen atoms in total. The van der Waals surface area contributed by atoms with Gasteiger partial charge in [-0.3, -0.25) is 9.59 Å². The Kier molecular flexibility index (Phi) is 7.33. The quantitative estimate of drug-likeness (QED) is 0.502. The minimum atomic E-state index is -1.13. The number of rotatable bonds is 8. The highest BCUT2D eigenvalue weighted by atomic mass is 16.5. The van der Waals surface area contributed by atoms with E-state index in [4.69, 9.17) is 9.15 Å². The maximum atomic E-state index is 12.6. The number of carboxylic acids is 1. The highest BCUT2D eigenvalue weighted by Crippen LogP contribution is 2.36. The van der Waals surface area contributed by atoms with Crippen LogP contribution in [0.25, 0.3) is 11.0 Å². The first-order chi connectivity index (χ1) is 15.9. The third kappa shape index (κ3) is 5.58. The minimum Gasteiger partial charge on any atom is -0.487 e. The average Bonchev–Trinajstić information content (AvgIpc) is 2.76. The number of aryl methyl sites for hydroxylation is 2. The molecule has 3 N–H and O–H groups in total. The second-order valence-electron chi connectivity index (χ2n) is 9.53. The Labute approximate surface area is 197 Å². The molecule has 9 heteroatoms. The van der Waals surface area contributed by atoms with Crippen LogP contribution in [0, 0.1) is 12.8 Å². The summed E-state index contributed by atoms with van der Waals surface area (Å²) in [6.45, 7) is 8.94.